The lowest BCUT2D eigenvalue weighted by molar-refractivity contribution is 0.102. The number of amides is 1. The molecule has 0 spiro atoms. The Labute approximate surface area is 128 Å². The van der Waals surface area contributed by atoms with Crippen molar-refractivity contribution in [3.05, 3.63) is 46.8 Å². The van der Waals surface area contributed by atoms with Crippen molar-refractivity contribution in [2.75, 3.05) is 23.3 Å². The predicted octanol–water partition coefficient (Wildman–Crippen LogP) is 3.72. The summed E-state index contributed by atoms with van der Waals surface area (Å²) in [6.45, 7) is 6.07. The second-order valence-corrected chi connectivity index (χ2v) is 5.36. The highest BCUT2D eigenvalue weighted by Crippen LogP contribution is 2.23. The van der Waals surface area contributed by atoms with Crippen molar-refractivity contribution >= 4 is 27.9 Å². The van der Waals surface area contributed by atoms with E-state index in [0.717, 1.165) is 18.8 Å². The molecule has 0 fully saturated rings. The molecule has 0 saturated heterocycles. The standard InChI is InChI=1S/C16H17N3OS/c1-3-19(4-2)14-7-5-12(6-8-14)15(20)18-16-13(11-17)9-10-21-16/h5-10H,3-4H2,1-2H3,(H,18,20). The van der Waals surface area contributed by atoms with E-state index in [1.807, 2.05) is 24.3 Å². The van der Waals surface area contributed by atoms with Crippen molar-refractivity contribution in [2.24, 2.45) is 0 Å². The number of carbonyl (C=O) groups is 1. The fourth-order valence-corrected chi connectivity index (χ4v) is 2.81. The number of thiophene rings is 1. The number of hydrogen-bond acceptors (Lipinski definition) is 4. The summed E-state index contributed by atoms with van der Waals surface area (Å²) in [5, 5.41) is 14.1. The van der Waals surface area contributed by atoms with E-state index in [9.17, 15) is 4.79 Å². The maximum atomic E-state index is 12.2. The van der Waals surface area contributed by atoms with Gasteiger partial charge in [-0.3, -0.25) is 4.79 Å². The van der Waals surface area contributed by atoms with E-state index >= 15 is 0 Å². The molecular weight excluding hydrogens is 282 g/mol. The summed E-state index contributed by atoms with van der Waals surface area (Å²) in [4.78, 5) is 14.4. The number of hydrogen-bond donors (Lipinski definition) is 1. The first-order valence-corrected chi connectivity index (χ1v) is 7.71. The molecule has 0 radical (unpaired) electrons. The van der Waals surface area contributed by atoms with E-state index < -0.39 is 0 Å². The lowest BCUT2D eigenvalue weighted by Crippen LogP contribution is -2.21. The summed E-state index contributed by atoms with van der Waals surface area (Å²) in [7, 11) is 0. The third-order valence-corrected chi connectivity index (χ3v) is 4.10. The summed E-state index contributed by atoms with van der Waals surface area (Å²) in [6, 6.07) is 11.3. The number of carbonyl (C=O) groups excluding carboxylic acids is 1. The molecule has 4 nitrogen and oxygen atoms in total. The highest BCUT2D eigenvalue weighted by atomic mass is 32.1. The van der Waals surface area contributed by atoms with Crippen molar-refractivity contribution in [1.82, 2.24) is 0 Å². The molecule has 5 heteroatoms. The van der Waals surface area contributed by atoms with Crippen LogP contribution in [0, 0.1) is 11.3 Å². The molecule has 1 aromatic carbocycles. The summed E-state index contributed by atoms with van der Waals surface area (Å²) in [5.74, 6) is -0.194. The van der Waals surface area contributed by atoms with E-state index in [2.05, 4.69) is 30.1 Å². The molecule has 0 aliphatic rings. The van der Waals surface area contributed by atoms with E-state index in [1.165, 1.54) is 11.3 Å². The molecule has 1 heterocycles. The van der Waals surface area contributed by atoms with Gasteiger partial charge >= 0.3 is 0 Å². The number of anilines is 2. The first kappa shape index (κ1) is 15.1. The monoisotopic (exact) mass is 299 g/mol. The number of benzene rings is 1. The van der Waals surface area contributed by atoms with Crippen LogP contribution in [0.5, 0.6) is 0 Å². The quantitative estimate of drug-likeness (QED) is 0.915. The summed E-state index contributed by atoms with van der Waals surface area (Å²) >= 11 is 1.35. The summed E-state index contributed by atoms with van der Waals surface area (Å²) < 4.78 is 0. The van der Waals surface area contributed by atoms with Gasteiger partial charge in [-0.2, -0.15) is 5.26 Å². The first-order chi connectivity index (χ1) is 10.2. The first-order valence-electron chi connectivity index (χ1n) is 6.83. The Kier molecular flexibility index (Phi) is 4.96. The van der Waals surface area contributed by atoms with E-state index in [0.29, 0.717) is 16.1 Å². The van der Waals surface area contributed by atoms with Gasteiger partial charge in [0.25, 0.3) is 5.91 Å². The second kappa shape index (κ2) is 6.91. The third-order valence-electron chi connectivity index (χ3n) is 3.27. The Hall–Kier alpha value is -2.32. The van der Waals surface area contributed by atoms with Crippen LogP contribution in [0.2, 0.25) is 0 Å². The zero-order valence-corrected chi connectivity index (χ0v) is 12.9. The fourth-order valence-electron chi connectivity index (χ4n) is 2.08. The van der Waals surface area contributed by atoms with Crippen LogP contribution < -0.4 is 10.2 Å². The Morgan fingerprint density at radius 2 is 1.90 bits per heavy atom. The van der Waals surface area contributed by atoms with Crippen molar-refractivity contribution in [2.45, 2.75) is 13.8 Å². The van der Waals surface area contributed by atoms with E-state index in [4.69, 9.17) is 5.26 Å². The lowest BCUT2D eigenvalue weighted by atomic mass is 10.2. The minimum atomic E-state index is -0.194. The molecule has 0 atom stereocenters. The van der Waals surface area contributed by atoms with Crippen LogP contribution in [0.15, 0.2) is 35.7 Å². The molecule has 2 aromatic rings. The fraction of sp³-hybridized carbons (Fsp3) is 0.250. The van der Waals surface area contributed by atoms with Gasteiger partial charge in [-0.15, -0.1) is 11.3 Å². The molecule has 0 aliphatic heterocycles. The van der Waals surface area contributed by atoms with Crippen molar-refractivity contribution in [3.63, 3.8) is 0 Å². The topological polar surface area (TPSA) is 56.1 Å². The van der Waals surface area contributed by atoms with Gasteiger partial charge in [-0.05, 0) is 49.6 Å². The van der Waals surface area contributed by atoms with Gasteiger partial charge in [0, 0.05) is 24.3 Å². The van der Waals surface area contributed by atoms with Crippen LogP contribution >= 0.6 is 11.3 Å². The van der Waals surface area contributed by atoms with Gasteiger partial charge in [0.05, 0.1) is 5.56 Å². The highest BCUT2D eigenvalue weighted by molar-refractivity contribution is 7.14. The normalized spacial score (nSPS) is 9.95. The molecule has 1 N–H and O–H groups in total. The van der Waals surface area contributed by atoms with Gasteiger partial charge < -0.3 is 10.2 Å². The zero-order valence-electron chi connectivity index (χ0n) is 12.1. The summed E-state index contributed by atoms with van der Waals surface area (Å²) in [6.07, 6.45) is 0. The van der Waals surface area contributed by atoms with Crippen LogP contribution in [-0.2, 0) is 0 Å². The molecule has 0 bridgehead atoms. The third kappa shape index (κ3) is 3.41. The van der Waals surface area contributed by atoms with Gasteiger partial charge in [0.2, 0.25) is 0 Å². The van der Waals surface area contributed by atoms with Gasteiger partial charge in [0.15, 0.2) is 0 Å². The minimum Gasteiger partial charge on any atom is -0.372 e. The maximum Gasteiger partial charge on any atom is 0.256 e. The molecule has 0 unspecified atom stereocenters. The SMILES string of the molecule is CCN(CC)c1ccc(C(=O)Nc2sccc2C#N)cc1. The Bertz CT molecular complexity index is 651. The largest absolute Gasteiger partial charge is 0.372 e. The van der Waals surface area contributed by atoms with E-state index in [-0.39, 0.29) is 5.91 Å². The van der Waals surface area contributed by atoms with E-state index in [1.54, 1.807) is 11.4 Å². The molecule has 1 aromatic heterocycles. The minimum absolute atomic E-state index is 0.194. The number of nitrogens with zero attached hydrogens (tertiary/aromatic N) is 2. The average molecular weight is 299 g/mol. The number of rotatable bonds is 5. The average Bonchev–Trinajstić information content (AvgIpc) is 2.96. The Morgan fingerprint density at radius 3 is 2.48 bits per heavy atom. The van der Waals surface area contributed by atoms with Crippen molar-refractivity contribution in [3.8, 4) is 6.07 Å². The van der Waals surface area contributed by atoms with Gasteiger partial charge in [-0.1, -0.05) is 0 Å². The lowest BCUT2D eigenvalue weighted by Gasteiger charge is -2.21. The van der Waals surface area contributed by atoms with Gasteiger partial charge in [0.1, 0.15) is 11.1 Å². The van der Waals surface area contributed by atoms with Crippen LogP contribution in [-0.4, -0.2) is 19.0 Å². The Morgan fingerprint density at radius 1 is 1.24 bits per heavy atom. The zero-order chi connectivity index (χ0) is 15.2. The van der Waals surface area contributed by atoms with Crippen LogP contribution in [0.4, 0.5) is 10.7 Å². The van der Waals surface area contributed by atoms with Crippen molar-refractivity contribution in [1.29, 1.82) is 5.26 Å². The number of nitrogens with one attached hydrogen (secondary N) is 1. The highest BCUT2D eigenvalue weighted by Gasteiger charge is 2.11. The Balaban J connectivity index is 2.12. The maximum absolute atomic E-state index is 12.2. The number of nitriles is 1. The molecule has 0 saturated carbocycles. The second-order valence-electron chi connectivity index (χ2n) is 4.45. The molecule has 21 heavy (non-hydrogen) atoms. The van der Waals surface area contributed by atoms with Crippen molar-refractivity contribution < 1.29 is 4.79 Å². The molecule has 1 amide bonds. The van der Waals surface area contributed by atoms with Crippen LogP contribution in [0.3, 0.4) is 0 Å². The van der Waals surface area contributed by atoms with Crippen LogP contribution in [0.25, 0.3) is 0 Å². The summed E-state index contributed by atoms with van der Waals surface area (Å²) in [5.41, 5.74) is 2.18. The van der Waals surface area contributed by atoms with Crippen LogP contribution in [0.1, 0.15) is 29.8 Å². The predicted molar refractivity (Wildman–Crippen MR) is 87.0 cm³/mol. The molecule has 0 aliphatic carbocycles. The van der Waals surface area contributed by atoms with Gasteiger partial charge in [-0.25, -0.2) is 0 Å². The smallest absolute Gasteiger partial charge is 0.256 e. The molecule has 108 valence electrons. The molecular formula is C16H17N3OS. The molecule has 2 rings (SSSR count).